The van der Waals surface area contributed by atoms with Crippen molar-refractivity contribution in [3.63, 3.8) is 0 Å². The fourth-order valence-electron chi connectivity index (χ4n) is 2.26. The van der Waals surface area contributed by atoms with Gasteiger partial charge in [-0.1, -0.05) is 39.5 Å². The van der Waals surface area contributed by atoms with Crippen LogP contribution in [0.2, 0.25) is 0 Å². The molecule has 0 aliphatic carbocycles. The lowest BCUT2D eigenvalue weighted by atomic mass is 9.96. The molecule has 1 aromatic rings. The summed E-state index contributed by atoms with van der Waals surface area (Å²) in [5.41, 5.74) is 2.40. The number of halogens is 1. The molecule has 0 atom stereocenters. The monoisotopic (exact) mass is 247 g/mol. The van der Waals surface area contributed by atoms with E-state index in [-0.39, 0.29) is 5.82 Å². The van der Waals surface area contributed by atoms with Gasteiger partial charge in [0.1, 0.15) is 5.82 Å². The van der Waals surface area contributed by atoms with Crippen molar-refractivity contribution < 1.29 is 4.39 Å². The van der Waals surface area contributed by atoms with Gasteiger partial charge in [0.15, 0.2) is 0 Å². The number of aryl methyl sites for hydroxylation is 2. The Bertz CT molecular complexity index is 418. The van der Waals surface area contributed by atoms with E-state index in [1.807, 2.05) is 6.92 Å². The molecule has 1 nitrogen and oxygen atoms in total. The Morgan fingerprint density at radius 2 is 1.72 bits per heavy atom. The van der Waals surface area contributed by atoms with Gasteiger partial charge in [-0.05, 0) is 42.5 Å². The molecule has 18 heavy (non-hydrogen) atoms. The van der Waals surface area contributed by atoms with Crippen molar-refractivity contribution in [2.24, 2.45) is 0 Å². The first-order valence-corrected chi connectivity index (χ1v) is 6.94. The highest BCUT2D eigenvalue weighted by molar-refractivity contribution is 5.45. The lowest BCUT2D eigenvalue weighted by Crippen LogP contribution is -1.98. The maximum Gasteiger partial charge on any atom is 0.123 e. The molecule has 0 aromatic heterocycles. The maximum atomic E-state index is 13.5. The third-order valence-electron chi connectivity index (χ3n) is 3.31. The quantitative estimate of drug-likeness (QED) is 0.636. The Hall–Kier alpha value is -1.36. The van der Waals surface area contributed by atoms with Gasteiger partial charge in [0.2, 0.25) is 0 Å². The van der Waals surface area contributed by atoms with Gasteiger partial charge in [0.25, 0.3) is 0 Å². The van der Waals surface area contributed by atoms with Crippen LogP contribution in [0.4, 0.5) is 4.39 Å². The second-order valence-electron chi connectivity index (χ2n) is 4.73. The zero-order valence-electron chi connectivity index (χ0n) is 11.4. The molecule has 0 amide bonds. The summed E-state index contributed by atoms with van der Waals surface area (Å²) >= 11 is 0. The molecule has 0 saturated carbocycles. The van der Waals surface area contributed by atoms with Crippen LogP contribution in [0.3, 0.4) is 0 Å². The van der Waals surface area contributed by atoms with E-state index in [0.717, 1.165) is 30.4 Å². The predicted octanol–water partition coefficient (Wildman–Crippen LogP) is 4.77. The Balaban J connectivity index is 2.69. The van der Waals surface area contributed by atoms with E-state index in [0.29, 0.717) is 12.0 Å². The molecule has 0 heterocycles. The summed E-state index contributed by atoms with van der Waals surface area (Å²) in [4.78, 5) is 0. The Morgan fingerprint density at radius 1 is 1.06 bits per heavy atom. The second kappa shape index (κ2) is 7.87. The van der Waals surface area contributed by atoms with Crippen molar-refractivity contribution in [3.8, 4) is 6.07 Å². The summed E-state index contributed by atoms with van der Waals surface area (Å²) in [6, 6.07) is 5.24. The van der Waals surface area contributed by atoms with Crippen LogP contribution in [0.1, 0.15) is 62.6 Å². The van der Waals surface area contributed by atoms with Crippen LogP contribution >= 0.6 is 0 Å². The Morgan fingerprint density at radius 3 is 2.33 bits per heavy atom. The summed E-state index contributed by atoms with van der Waals surface area (Å²) < 4.78 is 13.5. The number of unbranched alkanes of at least 4 members (excludes halogenated alkanes) is 4. The predicted molar refractivity (Wildman–Crippen MR) is 73.0 cm³/mol. The van der Waals surface area contributed by atoms with Crippen LogP contribution < -0.4 is 0 Å². The summed E-state index contributed by atoms with van der Waals surface area (Å²) in [5, 5.41) is 9.19. The zero-order chi connectivity index (χ0) is 13.4. The lowest BCUT2D eigenvalue weighted by Gasteiger charge is -2.08. The first-order chi connectivity index (χ1) is 8.72. The van der Waals surface area contributed by atoms with Gasteiger partial charge in [-0.2, -0.15) is 5.26 Å². The largest absolute Gasteiger partial charge is 0.207 e. The molecule has 0 fully saturated rings. The summed E-state index contributed by atoms with van der Waals surface area (Å²) in [5.74, 6) is -0.214. The van der Waals surface area contributed by atoms with Gasteiger partial charge in [0, 0.05) is 0 Å². The normalized spacial score (nSPS) is 10.3. The molecule has 0 aliphatic rings. The fourth-order valence-corrected chi connectivity index (χ4v) is 2.26. The molecule has 0 N–H and O–H groups in total. The number of rotatable bonds is 7. The molecule has 0 bridgehead atoms. The molecule has 1 rings (SSSR count). The average molecular weight is 247 g/mol. The highest BCUT2D eigenvalue weighted by Crippen LogP contribution is 2.19. The minimum Gasteiger partial charge on any atom is -0.207 e. The second-order valence-corrected chi connectivity index (χ2v) is 4.73. The lowest BCUT2D eigenvalue weighted by molar-refractivity contribution is 0.613. The molecule has 0 aliphatic heterocycles. The van der Waals surface area contributed by atoms with Crippen LogP contribution in [-0.4, -0.2) is 0 Å². The summed E-state index contributed by atoms with van der Waals surface area (Å²) in [7, 11) is 0. The van der Waals surface area contributed by atoms with E-state index in [1.54, 1.807) is 0 Å². The minimum atomic E-state index is -0.214. The van der Waals surface area contributed by atoms with E-state index < -0.39 is 0 Å². The van der Waals surface area contributed by atoms with Crippen LogP contribution in [0.15, 0.2) is 12.1 Å². The molecule has 98 valence electrons. The Kier molecular flexibility index (Phi) is 6.43. The van der Waals surface area contributed by atoms with Crippen molar-refractivity contribution in [3.05, 3.63) is 34.6 Å². The van der Waals surface area contributed by atoms with Crippen molar-refractivity contribution in [1.82, 2.24) is 0 Å². The first kappa shape index (κ1) is 14.7. The standard InChI is InChI=1S/C16H22FN/c1-3-5-6-7-8-9-14-11-15(17)10-13(4-2)16(14)12-18/h10-11H,3-9H2,1-2H3. The SMILES string of the molecule is CCCCCCCc1cc(F)cc(CC)c1C#N. The maximum absolute atomic E-state index is 13.5. The van der Waals surface area contributed by atoms with Crippen LogP contribution in [-0.2, 0) is 12.8 Å². The van der Waals surface area contributed by atoms with Crippen LogP contribution in [0, 0.1) is 17.1 Å². The summed E-state index contributed by atoms with van der Waals surface area (Å²) in [6.45, 7) is 4.15. The number of nitrogens with zero attached hydrogens (tertiary/aromatic N) is 1. The number of benzene rings is 1. The van der Waals surface area contributed by atoms with Gasteiger partial charge in [-0.25, -0.2) is 4.39 Å². The van der Waals surface area contributed by atoms with Crippen molar-refractivity contribution in [2.75, 3.05) is 0 Å². The van der Waals surface area contributed by atoms with E-state index in [1.165, 1.54) is 31.4 Å². The van der Waals surface area contributed by atoms with Gasteiger partial charge in [0.05, 0.1) is 11.6 Å². The van der Waals surface area contributed by atoms with Gasteiger partial charge in [-0.15, -0.1) is 0 Å². The molecular weight excluding hydrogens is 225 g/mol. The minimum absolute atomic E-state index is 0.214. The molecule has 2 heteroatoms. The van der Waals surface area contributed by atoms with Crippen molar-refractivity contribution in [1.29, 1.82) is 5.26 Å². The Labute approximate surface area is 110 Å². The molecule has 1 aromatic carbocycles. The first-order valence-electron chi connectivity index (χ1n) is 6.94. The van der Waals surface area contributed by atoms with Crippen molar-refractivity contribution in [2.45, 2.75) is 58.8 Å². The molecule has 0 unspecified atom stereocenters. The third kappa shape index (κ3) is 4.14. The van der Waals surface area contributed by atoms with Gasteiger partial charge < -0.3 is 0 Å². The number of hydrogen-bond acceptors (Lipinski definition) is 1. The highest BCUT2D eigenvalue weighted by atomic mass is 19.1. The molecule has 0 saturated heterocycles. The topological polar surface area (TPSA) is 23.8 Å². The smallest absolute Gasteiger partial charge is 0.123 e. The van der Waals surface area contributed by atoms with Gasteiger partial charge >= 0.3 is 0 Å². The summed E-state index contributed by atoms with van der Waals surface area (Å²) in [6.07, 6.45) is 7.45. The van der Waals surface area contributed by atoms with Crippen LogP contribution in [0.5, 0.6) is 0 Å². The van der Waals surface area contributed by atoms with Crippen molar-refractivity contribution >= 4 is 0 Å². The van der Waals surface area contributed by atoms with E-state index >= 15 is 0 Å². The molecule has 0 spiro atoms. The highest BCUT2D eigenvalue weighted by Gasteiger charge is 2.09. The molecular formula is C16H22FN. The fraction of sp³-hybridized carbons (Fsp3) is 0.562. The van der Waals surface area contributed by atoms with E-state index in [2.05, 4.69) is 13.0 Å². The number of hydrogen-bond donors (Lipinski definition) is 0. The van der Waals surface area contributed by atoms with E-state index in [4.69, 9.17) is 0 Å². The zero-order valence-corrected chi connectivity index (χ0v) is 11.4. The van der Waals surface area contributed by atoms with Gasteiger partial charge in [-0.3, -0.25) is 0 Å². The molecule has 0 radical (unpaired) electrons. The average Bonchev–Trinajstić information content (AvgIpc) is 2.37. The number of nitriles is 1. The van der Waals surface area contributed by atoms with E-state index in [9.17, 15) is 9.65 Å². The van der Waals surface area contributed by atoms with Crippen LogP contribution in [0.25, 0.3) is 0 Å². The third-order valence-corrected chi connectivity index (χ3v) is 3.31.